The molecule has 1 saturated heterocycles. The van der Waals surface area contributed by atoms with E-state index in [4.69, 9.17) is 0 Å². The first-order valence-electron chi connectivity index (χ1n) is 7.95. The standard InChI is InChI=1S/C16H25N3O3S/c1-4-8-23(21,22)19-15-7-5-6-14(12(15)3)18-16(20)11(2)13-9-17-10-13/h5-7,11,13,17,19H,4,8-10H2,1-3H3,(H,18,20). The highest BCUT2D eigenvalue weighted by molar-refractivity contribution is 7.92. The van der Waals surface area contributed by atoms with E-state index in [0.29, 0.717) is 23.7 Å². The maximum absolute atomic E-state index is 12.3. The maximum Gasteiger partial charge on any atom is 0.232 e. The smallest absolute Gasteiger partial charge is 0.232 e. The Morgan fingerprint density at radius 1 is 1.35 bits per heavy atom. The SMILES string of the molecule is CCCS(=O)(=O)Nc1cccc(NC(=O)C(C)C2CNC2)c1C. The number of carbonyl (C=O) groups excluding carboxylic acids is 1. The van der Waals surface area contributed by atoms with Gasteiger partial charge in [-0.2, -0.15) is 0 Å². The van der Waals surface area contributed by atoms with Crippen molar-refractivity contribution in [1.82, 2.24) is 5.32 Å². The van der Waals surface area contributed by atoms with Crippen LogP contribution < -0.4 is 15.4 Å². The van der Waals surface area contributed by atoms with Crippen molar-refractivity contribution in [2.45, 2.75) is 27.2 Å². The lowest BCUT2D eigenvalue weighted by Gasteiger charge is -2.31. The largest absolute Gasteiger partial charge is 0.326 e. The van der Waals surface area contributed by atoms with Crippen LogP contribution in [-0.2, 0) is 14.8 Å². The Labute approximate surface area is 138 Å². The molecule has 0 saturated carbocycles. The van der Waals surface area contributed by atoms with Crippen LogP contribution in [0, 0.1) is 18.8 Å². The molecule has 0 aliphatic carbocycles. The van der Waals surface area contributed by atoms with Crippen LogP contribution in [0.1, 0.15) is 25.8 Å². The van der Waals surface area contributed by atoms with Gasteiger partial charge in [0.05, 0.1) is 11.4 Å². The molecule has 3 N–H and O–H groups in total. The summed E-state index contributed by atoms with van der Waals surface area (Å²) >= 11 is 0. The number of rotatable bonds is 7. The lowest BCUT2D eigenvalue weighted by molar-refractivity contribution is -0.121. The summed E-state index contributed by atoms with van der Waals surface area (Å²) in [4.78, 5) is 12.3. The maximum atomic E-state index is 12.3. The van der Waals surface area contributed by atoms with Gasteiger partial charge < -0.3 is 10.6 Å². The summed E-state index contributed by atoms with van der Waals surface area (Å²) < 4.78 is 26.4. The van der Waals surface area contributed by atoms with E-state index in [1.165, 1.54) is 0 Å². The van der Waals surface area contributed by atoms with Gasteiger partial charge in [-0.25, -0.2) is 8.42 Å². The molecule has 1 aromatic carbocycles. The normalized spacial score (nSPS) is 16.5. The Bertz CT molecular complexity index is 669. The molecule has 2 rings (SSSR count). The summed E-state index contributed by atoms with van der Waals surface area (Å²) in [6, 6.07) is 5.23. The van der Waals surface area contributed by atoms with E-state index in [0.717, 1.165) is 18.7 Å². The van der Waals surface area contributed by atoms with Gasteiger partial charge in [0.1, 0.15) is 0 Å². The summed E-state index contributed by atoms with van der Waals surface area (Å²) in [5.41, 5.74) is 1.87. The van der Waals surface area contributed by atoms with Gasteiger partial charge in [-0.05, 0) is 50.0 Å². The van der Waals surface area contributed by atoms with Crippen molar-refractivity contribution < 1.29 is 13.2 Å². The van der Waals surface area contributed by atoms with Crippen molar-refractivity contribution in [2.24, 2.45) is 11.8 Å². The topological polar surface area (TPSA) is 87.3 Å². The van der Waals surface area contributed by atoms with Gasteiger partial charge in [0.15, 0.2) is 0 Å². The molecule has 0 spiro atoms. The fraction of sp³-hybridized carbons (Fsp3) is 0.562. The molecule has 1 aromatic rings. The molecule has 6 nitrogen and oxygen atoms in total. The molecule has 1 heterocycles. The van der Waals surface area contributed by atoms with Crippen LogP contribution in [0.15, 0.2) is 18.2 Å². The number of hydrogen-bond acceptors (Lipinski definition) is 4. The molecule has 0 radical (unpaired) electrons. The van der Waals surface area contributed by atoms with E-state index in [1.807, 2.05) is 13.8 Å². The van der Waals surface area contributed by atoms with Crippen molar-refractivity contribution in [3.63, 3.8) is 0 Å². The Balaban J connectivity index is 2.11. The minimum Gasteiger partial charge on any atom is -0.326 e. The summed E-state index contributed by atoms with van der Waals surface area (Å²) in [7, 11) is -3.35. The predicted molar refractivity (Wildman–Crippen MR) is 93.0 cm³/mol. The Kier molecular flexibility index (Phi) is 5.64. The molecule has 1 amide bonds. The molecule has 1 aliphatic rings. The van der Waals surface area contributed by atoms with Crippen LogP contribution in [0.4, 0.5) is 11.4 Å². The molecule has 1 atom stereocenters. The van der Waals surface area contributed by atoms with E-state index in [2.05, 4.69) is 15.4 Å². The third kappa shape index (κ3) is 4.45. The summed E-state index contributed by atoms with van der Waals surface area (Å²) in [6.07, 6.45) is 0.553. The molecule has 0 aromatic heterocycles. The highest BCUT2D eigenvalue weighted by Crippen LogP contribution is 2.26. The summed E-state index contributed by atoms with van der Waals surface area (Å²) in [6.45, 7) is 7.27. The highest BCUT2D eigenvalue weighted by atomic mass is 32.2. The van der Waals surface area contributed by atoms with Gasteiger partial charge in [0.2, 0.25) is 15.9 Å². The molecular weight excluding hydrogens is 314 g/mol. The van der Waals surface area contributed by atoms with Gasteiger partial charge in [-0.15, -0.1) is 0 Å². The molecule has 128 valence electrons. The zero-order valence-electron chi connectivity index (χ0n) is 13.8. The summed E-state index contributed by atoms with van der Waals surface area (Å²) in [5.74, 6) is 0.333. The van der Waals surface area contributed by atoms with Crippen LogP contribution in [0.3, 0.4) is 0 Å². The molecule has 0 bridgehead atoms. The Morgan fingerprint density at radius 2 is 2.00 bits per heavy atom. The average Bonchev–Trinajstić information content (AvgIpc) is 2.40. The molecule has 1 fully saturated rings. The molecule has 1 unspecified atom stereocenters. The lowest BCUT2D eigenvalue weighted by atomic mass is 9.88. The second-order valence-electron chi connectivity index (χ2n) is 6.10. The molecule has 1 aliphatic heterocycles. The van der Waals surface area contributed by atoms with Gasteiger partial charge in [-0.3, -0.25) is 9.52 Å². The van der Waals surface area contributed by atoms with Crippen LogP contribution >= 0.6 is 0 Å². The fourth-order valence-electron chi connectivity index (χ4n) is 2.49. The number of anilines is 2. The van der Waals surface area contributed by atoms with Gasteiger partial charge in [0, 0.05) is 11.6 Å². The van der Waals surface area contributed by atoms with Crippen molar-refractivity contribution in [1.29, 1.82) is 0 Å². The lowest BCUT2D eigenvalue weighted by Crippen LogP contribution is -2.48. The van der Waals surface area contributed by atoms with E-state index >= 15 is 0 Å². The molecular formula is C16H25N3O3S. The first kappa shape index (κ1) is 17.7. The van der Waals surface area contributed by atoms with Crippen molar-refractivity contribution in [3.05, 3.63) is 23.8 Å². The fourth-order valence-corrected chi connectivity index (χ4v) is 3.69. The van der Waals surface area contributed by atoms with Crippen LogP contribution in [0.2, 0.25) is 0 Å². The third-order valence-corrected chi connectivity index (χ3v) is 5.74. The van der Waals surface area contributed by atoms with E-state index in [1.54, 1.807) is 25.1 Å². The predicted octanol–water partition coefficient (Wildman–Crippen LogP) is 1.94. The average molecular weight is 339 g/mol. The number of amides is 1. The minimum absolute atomic E-state index is 0.0341. The second kappa shape index (κ2) is 7.31. The molecule has 7 heteroatoms. The van der Waals surface area contributed by atoms with Crippen LogP contribution in [0.25, 0.3) is 0 Å². The van der Waals surface area contributed by atoms with Crippen LogP contribution in [0.5, 0.6) is 0 Å². The molecule has 23 heavy (non-hydrogen) atoms. The Morgan fingerprint density at radius 3 is 2.57 bits per heavy atom. The number of hydrogen-bond donors (Lipinski definition) is 3. The van der Waals surface area contributed by atoms with Crippen molar-refractivity contribution in [2.75, 3.05) is 28.9 Å². The zero-order chi connectivity index (χ0) is 17.0. The minimum atomic E-state index is -3.35. The number of nitrogens with one attached hydrogen (secondary N) is 3. The monoisotopic (exact) mass is 339 g/mol. The quantitative estimate of drug-likeness (QED) is 0.708. The van der Waals surface area contributed by atoms with Gasteiger partial charge in [0.25, 0.3) is 0 Å². The first-order chi connectivity index (χ1) is 10.8. The zero-order valence-corrected chi connectivity index (χ0v) is 14.7. The van der Waals surface area contributed by atoms with E-state index in [-0.39, 0.29) is 17.6 Å². The van der Waals surface area contributed by atoms with Crippen molar-refractivity contribution in [3.8, 4) is 0 Å². The van der Waals surface area contributed by atoms with Crippen LogP contribution in [-0.4, -0.2) is 33.2 Å². The third-order valence-electron chi connectivity index (χ3n) is 4.26. The van der Waals surface area contributed by atoms with E-state index < -0.39 is 10.0 Å². The van der Waals surface area contributed by atoms with Gasteiger partial charge in [-0.1, -0.05) is 19.9 Å². The van der Waals surface area contributed by atoms with Gasteiger partial charge >= 0.3 is 0 Å². The number of sulfonamides is 1. The highest BCUT2D eigenvalue weighted by Gasteiger charge is 2.29. The van der Waals surface area contributed by atoms with Crippen molar-refractivity contribution >= 4 is 27.3 Å². The van der Waals surface area contributed by atoms with E-state index in [9.17, 15) is 13.2 Å². The first-order valence-corrected chi connectivity index (χ1v) is 9.61. The number of carbonyl (C=O) groups is 1. The second-order valence-corrected chi connectivity index (χ2v) is 7.94. The Hall–Kier alpha value is -1.60. The summed E-state index contributed by atoms with van der Waals surface area (Å²) in [5, 5.41) is 6.08. The number of benzene rings is 1.